The smallest absolute Gasteiger partial charge is 0.423 e. The highest BCUT2D eigenvalue weighted by Gasteiger charge is 2.63. The number of rotatable bonds is 5. The molecule has 5 rings (SSSR count). The lowest BCUT2D eigenvalue weighted by molar-refractivity contribution is -0.267. The first kappa shape index (κ1) is 25.9. The summed E-state index contributed by atoms with van der Waals surface area (Å²) in [5, 5.41) is 20.9. The predicted octanol–water partition coefficient (Wildman–Crippen LogP) is 5.04. The molecule has 0 fully saturated rings. The third-order valence-corrected chi connectivity index (χ3v) is 6.46. The van der Waals surface area contributed by atoms with Gasteiger partial charge in [-0.3, -0.25) is 0 Å². The minimum Gasteiger partial charge on any atom is -0.435 e. The predicted molar refractivity (Wildman–Crippen MR) is 121 cm³/mol. The van der Waals surface area contributed by atoms with Crippen LogP contribution in [0.3, 0.4) is 0 Å². The zero-order chi connectivity index (χ0) is 27.6. The zero-order valence-electron chi connectivity index (χ0n) is 19.8. The van der Waals surface area contributed by atoms with Crippen molar-refractivity contribution in [3.8, 4) is 16.9 Å². The average molecular weight is 538 g/mol. The number of para-hydroxylation sites is 1. The second-order valence-electron chi connectivity index (χ2n) is 9.49. The monoisotopic (exact) mass is 538 g/mol. The molecule has 0 radical (unpaired) electrons. The molecule has 7 nitrogen and oxygen atoms in total. The summed E-state index contributed by atoms with van der Waals surface area (Å²) in [5.41, 5.74) is -5.91. The van der Waals surface area contributed by atoms with E-state index in [9.17, 15) is 32.2 Å². The van der Waals surface area contributed by atoms with E-state index in [0.29, 0.717) is 0 Å². The highest BCUT2D eigenvalue weighted by molar-refractivity contribution is 5.65. The summed E-state index contributed by atoms with van der Waals surface area (Å²) in [6.07, 6.45) is -2.44. The molecular weight excluding hydrogens is 518 g/mol. The molecule has 1 unspecified atom stereocenters. The molecule has 0 aliphatic heterocycles. The number of aliphatic hydroxyl groups is 2. The van der Waals surface area contributed by atoms with Crippen LogP contribution in [0, 0.1) is 5.82 Å². The van der Waals surface area contributed by atoms with Crippen molar-refractivity contribution in [2.24, 2.45) is 0 Å². The van der Waals surface area contributed by atoms with Gasteiger partial charge in [0, 0.05) is 53.7 Å². The lowest BCUT2D eigenvalue weighted by Crippen LogP contribution is -2.40. The van der Waals surface area contributed by atoms with E-state index in [2.05, 4.69) is 19.7 Å². The first-order valence-electron chi connectivity index (χ1n) is 11.3. The number of pyridine rings is 1. The molecule has 1 aliphatic carbocycles. The molecule has 2 N–H and O–H groups in total. The quantitative estimate of drug-likeness (QED) is 0.346. The van der Waals surface area contributed by atoms with Gasteiger partial charge in [-0.25, -0.2) is 19.3 Å². The van der Waals surface area contributed by atoms with Crippen LogP contribution >= 0.6 is 0 Å². The lowest BCUT2D eigenvalue weighted by atomic mass is 9.91. The number of halogens is 6. The van der Waals surface area contributed by atoms with Gasteiger partial charge in [0.15, 0.2) is 5.82 Å². The molecule has 3 heterocycles. The molecule has 38 heavy (non-hydrogen) atoms. The topological polar surface area (TPSA) is 92.8 Å². The Bertz CT molecular complexity index is 1510. The maximum Gasteiger partial charge on any atom is 0.423 e. The first-order valence-corrected chi connectivity index (χ1v) is 11.3. The van der Waals surface area contributed by atoms with Crippen LogP contribution < -0.4 is 4.74 Å². The van der Waals surface area contributed by atoms with Gasteiger partial charge in [0.25, 0.3) is 0 Å². The number of nitrogens with zero attached hydrogens (tertiary/aromatic N) is 4. The summed E-state index contributed by atoms with van der Waals surface area (Å²) < 4.78 is 89.4. The van der Waals surface area contributed by atoms with Crippen LogP contribution in [0.5, 0.6) is 5.75 Å². The van der Waals surface area contributed by atoms with Gasteiger partial charge in [-0.05, 0) is 19.9 Å². The van der Waals surface area contributed by atoms with E-state index in [1.807, 2.05) is 0 Å². The van der Waals surface area contributed by atoms with E-state index in [1.165, 1.54) is 61.1 Å². The summed E-state index contributed by atoms with van der Waals surface area (Å²) in [7, 11) is 0. The Hall–Kier alpha value is -3.71. The molecule has 3 aromatic heterocycles. The fraction of sp³-hybridized carbons (Fsp3) is 0.320. The van der Waals surface area contributed by atoms with Gasteiger partial charge in [0.05, 0.1) is 5.69 Å². The van der Waals surface area contributed by atoms with Crippen LogP contribution in [0.2, 0.25) is 0 Å². The fourth-order valence-electron chi connectivity index (χ4n) is 4.68. The maximum atomic E-state index is 15.1. The van der Waals surface area contributed by atoms with E-state index in [1.54, 1.807) is 0 Å². The van der Waals surface area contributed by atoms with Crippen molar-refractivity contribution in [2.75, 3.05) is 0 Å². The van der Waals surface area contributed by atoms with Gasteiger partial charge in [-0.2, -0.15) is 22.0 Å². The van der Waals surface area contributed by atoms with Gasteiger partial charge < -0.3 is 19.4 Å². The van der Waals surface area contributed by atoms with Gasteiger partial charge in [0.1, 0.15) is 28.5 Å². The summed E-state index contributed by atoms with van der Waals surface area (Å²) in [6, 6.07) is 6.22. The van der Waals surface area contributed by atoms with E-state index >= 15 is 4.39 Å². The highest BCUT2D eigenvalue weighted by Crippen LogP contribution is 2.55. The molecule has 1 aromatic carbocycles. The van der Waals surface area contributed by atoms with Crippen LogP contribution in [0.4, 0.5) is 26.3 Å². The van der Waals surface area contributed by atoms with Crippen molar-refractivity contribution in [2.45, 2.75) is 50.2 Å². The summed E-state index contributed by atoms with van der Waals surface area (Å²) in [4.78, 5) is 12.0. The Morgan fingerprint density at radius 3 is 2.39 bits per heavy atom. The maximum absolute atomic E-state index is 15.1. The third-order valence-electron chi connectivity index (χ3n) is 6.46. The average Bonchev–Trinajstić information content (AvgIpc) is 3.33. The van der Waals surface area contributed by atoms with Gasteiger partial charge in [-0.1, -0.05) is 18.2 Å². The number of fused-ring (bicyclic) bond motifs is 3. The second-order valence-corrected chi connectivity index (χ2v) is 9.49. The highest BCUT2D eigenvalue weighted by atomic mass is 19.4. The van der Waals surface area contributed by atoms with Crippen LogP contribution in [-0.2, 0) is 11.2 Å². The second kappa shape index (κ2) is 8.67. The van der Waals surface area contributed by atoms with Crippen LogP contribution in [-0.4, -0.2) is 42.4 Å². The van der Waals surface area contributed by atoms with Crippen molar-refractivity contribution in [1.29, 1.82) is 0 Å². The molecule has 2 atom stereocenters. The summed E-state index contributed by atoms with van der Waals surface area (Å²) in [5.74, 6) is -2.43. The normalized spacial score (nSPS) is 19.8. The molecule has 0 saturated heterocycles. The zero-order valence-corrected chi connectivity index (χ0v) is 19.8. The minimum atomic E-state index is -5.17. The van der Waals surface area contributed by atoms with Crippen LogP contribution in [0.15, 0.2) is 48.9 Å². The largest absolute Gasteiger partial charge is 0.435 e. The molecular formula is C25H20F6N4O3. The number of benzene rings is 1. The Morgan fingerprint density at radius 2 is 1.79 bits per heavy atom. The number of aromatic nitrogens is 4. The summed E-state index contributed by atoms with van der Waals surface area (Å²) >= 11 is 0. The van der Waals surface area contributed by atoms with Crippen molar-refractivity contribution in [3.05, 3.63) is 77.5 Å². The SMILES string of the molecule is CC(C)(O)c1ncc(-c2cn3c4c(nc3cc2F)C(O)(C(F)(F)F)C[C@@H]4c2ccccc2OC(F)F)cn1. The van der Waals surface area contributed by atoms with Gasteiger partial charge in [-0.15, -0.1) is 0 Å². The minimum absolute atomic E-state index is 0.0280. The summed E-state index contributed by atoms with van der Waals surface area (Å²) in [6.45, 7) is -0.324. The molecule has 4 aromatic rings. The number of hydrogen-bond acceptors (Lipinski definition) is 6. The molecule has 0 saturated carbocycles. The molecule has 1 aliphatic rings. The Morgan fingerprint density at radius 1 is 1.13 bits per heavy atom. The fourth-order valence-corrected chi connectivity index (χ4v) is 4.68. The number of hydrogen-bond donors (Lipinski definition) is 2. The lowest BCUT2D eigenvalue weighted by Gasteiger charge is -2.26. The van der Waals surface area contributed by atoms with E-state index in [-0.39, 0.29) is 39.6 Å². The van der Waals surface area contributed by atoms with Gasteiger partial charge in [0.2, 0.25) is 5.60 Å². The Kier molecular flexibility index (Phi) is 5.91. The van der Waals surface area contributed by atoms with E-state index in [4.69, 9.17) is 0 Å². The number of imidazole rings is 1. The van der Waals surface area contributed by atoms with E-state index in [0.717, 1.165) is 6.07 Å². The third kappa shape index (κ3) is 4.15. The van der Waals surface area contributed by atoms with Crippen LogP contribution in [0.25, 0.3) is 16.8 Å². The first-order chi connectivity index (χ1) is 17.7. The number of ether oxygens (including phenoxy) is 1. The van der Waals surface area contributed by atoms with Crippen molar-refractivity contribution in [1.82, 2.24) is 19.4 Å². The Balaban J connectivity index is 1.73. The molecule has 0 spiro atoms. The van der Waals surface area contributed by atoms with Crippen LogP contribution in [0.1, 0.15) is 49.0 Å². The molecule has 13 heteroatoms. The van der Waals surface area contributed by atoms with Gasteiger partial charge >= 0.3 is 12.8 Å². The molecule has 0 bridgehead atoms. The van der Waals surface area contributed by atoms with Crippen molar-refractivity contribution in [3.63, 3.8) is 0 Å². The van der Waals surface area contributed by atoms with Crippen molar-refractivity contribution < 1.29 is 41.3 Å². The molecule has 0 amide bonds. The molecule has 200 valence electrons. The standard InChI is InChI=1S/C25H20F6N4O3/c1-23(2,36)21-32-9-12(10-33-21)15-11-35-18(7-16(15)26)34-20-19(35)14(8-24(20,37)25(29,30)31)13-5-3-4-6-17(13)38-22(27)28/h3-7,9-11,14,22,36-37H,8H2,1-2H3/t14-,24?/m1/s1. The van der Waals surface area contributed by atoms with Crippen molar-refractivity contribution >= 4 is 5.65 Å². The Labute approximate surface area is 211 Å². The number of alkyl halides is 5. The van der Waals surface area contributed by atoms with E-state index < -0.39 is 47.8 Å².